The van der Waals surface area contributed by atoms with Crippen LogP contribution in [0.15, 0.2) is 59.1 Å². The van der Waals surface area contributed by atoms with Crippen LogP contribution in [0.1, 0.15) is 29.5 Å². The number of allylic oxidation sites excluding steroid dienone is 2. The Hall–Kier alpha value is -1.34. The molecule has 0 N–H and O–H groups in total. The van der Waals surface area contributed by atoms with Gasteiger partial charge in [-0.05, 0) is 35.3 Å². The van der Waals surface area contributed by atoms with E-state index in [1.54, 1.807) is 0 Å². The fourth-order valence-corrected chi connectivity index (χ4v) is 3.27. The summed E-state index contributed by atoms with van der Waals surface area (Å²) in [6.45, 7) is 2.19. The number of halogens is 1. The largest absolute Gasteiger partial charge is 0.0690 e. The smallest absolute Gasteiger partial charge is 0.0281 e. The van der Waals surface area contributed by atoms with Crippen LogP contribution >= 0.6 is 15.9 Å². The summed E-state index contributed by atoms with van der Waals surface area (Å²) in [5.74, 6) is 0.406. The molecular formula is C16H13Br. The number of fused-ring (bicyclic) bond motifs is 1. The molecule has 0 fully saturated rings. The first kappa shape index (κ1) is 10.8. The number of benzene rings is 2. The molecule has 1 atom stereocenters. The van der Waals surface area contributed by atoms with Gasteiger partial charge >= 0.3 is 0 Å². The molecule has 1 unspecified atom stereocenters. The van der Waals surface area contributed by atoms with Crippen molar-refractivity contribution >= 4 is 21.5 Å². The predicted molar refractivity (Wildman–Crippen MR) is 76.1 cm³/mol. The molecule has 84 valence electrons. The van der Waals surface area contributed by atoms with E-state index >= 15 is 0 Å². The van der Waals surface area contributed by atoms with Crippen molar-refractivity contribution in [1.82, 2.24) is 0 Å². The SMILES string of the molecule is CC1=CC(c2ccccc2)c2cccc(Br)c21. The van der Waals surface area contributed by atoms with Gasteiger partial charge in [0, 0.05) is 10.4 Å². The lowest BCUT2D eigenvalue weighted by Crippen LogP contribution is -1.95. The molecule has 1 aliphatic carbocycles. The third-order valence-corrected chi connectivity index (χ3v) is 4.01. The van der Waals surface area contributed by atoms with Gasteiger partial charge in [0.05, 0.1) is 0 Å². The summed E-state index contributed by atoms with van der Waals surface area (Å²) in [6, 6.07) is 17.1. The van der Waals surface area contributed by atoms with Gasteiger partial charge in [-0.25, -0.2) is 0 Å². The fraction of sp³-hybridized carbons (Fsp3) is 0.125. The minimum absolute atomic E-state index is 0.406. The number of hydrogen-bond acceptors (Lipinski definition) is 0. The lowest BCUT2D eigenvalue weighted by atomic mass is 9.93. The Bertz CT molecular complexity index is 582. The molecule has 1 heteroatoms. The summed E-state index contributed by atoms with van der Waals surface area (Å²) in [4.78, 5) is 0. The van der Waals surface area contributed by atoms with Crippen LogP contribution in [0.2, 0.25) is 0 Å². The third-order valence-electron chi connectivity index (χ3n) is 3.35. The first-order chi connectivity index (χ1) is 8.27. The highest BCUT2D eigenvalue weighted by molar-refractivity contribution is 9.10. The zero-order valence-electron chi connectivity index (χ0n) is 9.65. The van der Waals surface area contributed by atoms with Crippen LogP contribution in [0.25, 0.3) is 5.57 Å². The van der Waals surface area contributed by atoms with Crippen molar-refractivity contribution in [1.29, 1.82) is 0 Å². The molecule has 2 aromatic carbocycles. The van der Waals surface area contributed by atoms with Gasteiger partial charge in [0.1, 0.15) is 0 Å². The zero-order chi connectivity index (χ0) is 11.8. The van der Waals surface area contributed by atoms with E-state index < -0.39 is 0 Å². The summed E-state index contributed by atoms with van der Waals surface area (Å²) < 4.78 is 1.20. The van der Waals surface area contributed by atoms with Crippen LogP contribution in [0.4, 0.5) is 0 Å². The first-order valence-corrected chi connectivity index (χ1v) is 6.59. The average Bonchev–Trinajstić information content (AvgIpc) is 2.69. The van der Waals surface area contributed by atoms with E-state index in [2.05, 4.69) is 77.5 Å². The van der Waals surface area contributed by atoms with Crippen molar-refractivity contribution < 1.29 is 0 Å². The van der Waals surface area contributed by atoms with Gasteiger partial charge in [0.2, 0.25) is 0 Å². The lowest BCUT2D eigenvalue weighted by Gasteiger charge is -2.11. The lowest BCUT2D eigenvalue weighted by molar-refractivity contribution is 1.05. The number of rotatable bonds is 1. The van der Waals surface area contributed by atoms with Crippen LogP contribution in [0, 0.1) is 0 Å². The number of hydrogen-bond donors (Lipinski definition) is 0. The second-order valence-corrected chi connectivity index (χ2v) is 5.30. The molecule has 0 radical (unpaired) electrons. The molecule has 0 saturated heterocycles. The second kappa shape index (κ2) is 4.15. The van der Waals surface area contributed by atoms with Gasteiger partial charge in [0.25, 0.3) is 0 Å². The minimum Gasteiger partial charge on any atom is -0.0690 e. The van der Waals surface area contributed by atoms with E-state index in [-0.39, 0.29) is 0 Å². The third kappa shape index (κ3) is 1.75. The fourth-order valence-electron chi connectivity index (χ4n) is 2.58. The highest BCUT2D eigenvalue weighted by Gasteiger charge is 2.23. The molecule has 0 aliphatic heterocycles. The van der Waals surface area contributed by atoms with E-state index in [0.29, 0.717) is 5.92 Å². The van der Waals surface area contributed by atoms with Gasteiger partial charge in [0.15, 0.2) is 0 Å². The monoisotopic (exact) mass is 284 g/mol. The van der Waals surface area contributed by atoms with Crippen LogP contribution in [-0.2, 0) is 0 Å². The van der Waals surface area contributed by atoms with Crippen molar-refractivity contribution in [3.05, 3.63) is 75.8 Å². The van der Waals surface area contributed by atoms with Crippen LogP contribution in [0.3, 0.4) is 0 Å². The molecule has 0 aromatic heterocycles. The Morgan fingerprint density at radius 3 is 2.47 bits per heavy atom. The molecule has 3 rings (SSSR count). The van der Waals surface area contributed by atoms with Gasteiger partial charge in [-0.3, -0.25) is 0 Å². The summed E-state index contributed by atoms with van der Waals surface area (Å²) in [5.41, 5.74) is 5.49. The molecule has 0 bridgehead atoms. The van der Waals surface area contributed by atoms with Crippen molar-refractivity contribution in [2.24, 2.45) is 0 Å². The maximum Gasteiger partial charge on any atom is 0.0281 e. The summed E-state index contributed by atoms with van der Waals surface area (Å²) in [6.07, 6.45) is 2.35. The van der Waals surface area contributed by atoms with Crippen molar-refractivity contribution in [3.63, 3.8) is 0 Å². The summed E-state index contributed by atoms with van der Waals surface area (Å²) >= 11 is 3.65. The summed E-state index contributed by atoms with van der Waals surface area (Å²) in [7, 11) is 0. The van der Waals surface area contributed by atoms with Crippen LogP contribution in [0.5, 0.6) is 0 Å². The predicted octanol–water partition coefficient (Wildman–Crippen LogP) is 5.00. The molecule has 0 spiro atoms. The van der Waals surface area contributed by atoms with Crippen molar-refractivity contribution in [2.45, 2.75) is 12.8 Å². The van der Waals surface area contributed by atoms with Gasteiger partial charge < -0.3 is 0 Å². The van der Waals surface area contributed by atoms with Gasteiger partial charge in [-0.1, -0.05) is 64.5 Å². The zero-order valence-corrected chi connectivity index (χ0v) is 11.2. The Balaban J connectivity index is 2.17. The molecule has 0 saturated carbocycles. The van der Waals surface area contributed by atoms with Crippen molar-refractivity contribution in [2.75, 3.05) is 0 Å². The standard InChI is InChI=1S/C16H13Br/c1-11-10-14(12-6-3-2-4-7-12)13-8-5-9-15(17)16(11)13/h2-10,14H,1H3. The van der Waals surface area contributed by atoms with Gasteiger partial charge in [-0.2, -0.15) is 0 Å². The van der Waals surface area contributed by atoms with E-state index in [9.17, 15) is 0 Å². The van der Waals surface area contributed by atoms with E-state index in [1.807, 2.05) is 0 Å². The average molecular weight is 285 g/mol. The Labute approximate surface area is 110 Å². The highest BCUT2D eigenvalue weighted by Crippen LogP contribution is 2.42. The maximum absolute atomic E-state index is 3.65. The second-order valence-electron chi connectivity index (χ2n) is 4.44. The summed E-state index contributed by atoms with van der Waals surface area (Å²) in [5, 5.41) is 0. The van der Waals surface area contributed by atoms with E-state index in [1.165, 1.54) is 26.7 Å². The topological polar surface area (TPSA) is 0 Å². The first-order valence-electron chi connectivity index (χ1n) is 5.79. The normalized spacial score (nSPS) is 17.8. The molecular weight excluding hydrogens is 272 g/mol. The maximum atomic E-state index is 3.65. The Kier molecular flexibility index (Phi) is 2.64. The molecule has 1 aliphatic rings. The van der Waals surface area contributed by atoms with Crippen molar-refractivity contribution in [3.8, 4) is 0 Å². The van der Waals surface area contributed by atoms with E-state index in [4.69, 9.17) is 0 Å². The molecule has 0 amide bonds. The van der Waals surface area contributed by atoms with Crippen LogP contribution in [-0.4, -0.2) is 0 Å². The van der Waals surface area contributed by atoms with E-state index in [0.717, 1.165) is 0 Å². The Morgan fingerprint density at radius 1 is 0.941 bits per heavy atom. The van der Waals surface area contributed by atoms with Gasteiger partial charge in [-0.15, -0.1) is 0 Å². The Morgan fingerprint density at radius 2 is 1.71 bits per heavy atom. The minimum atomic E-state index is 0.406. The molecule has 0 nitrogen and oxygen atoms in total. The molecule has 17 heavy (non-hydrogen) atoms. The quantitative estimate of drug-likeness (QED) is 0.691. The molecule has 2 aromatic rings. The molecule has 0 heterocycles. The van der Waals surface area contributed by atoms with Crippen LogP contribution < -0.4 is 0 Å². The highest BCUT2D eigenvalue weighted by atomic mass is 79.9.